The van der Waals surface area contributed by atoms with Crippen LogP contribution in [0.4, 0.5) is 5.69 Å². The lowest BCUT2D eigenvalue weighted by Crippen LogP contribution is -2.01. The van der Waals surface area contributed by atoms with Crippen LogP contribution in [0.15, 0.2) is 42.6 Å². The first-order valence-electron chi connectivity index (χ1n) is 6.40. The van der Waals surface area contributed by atoms with E-state index in [0.29, 0.717) is 29.2 Å². The van der Waals surface area contributed by atoms with Crippen molar-refractivity contribution in [2.75, 3.05) is 5.73 Å². The predicted molar refractivity (Wildman–Crippen MR) is 78.8 cm³/mol. The lowest BCUT2D eigenvalue weighted by Gasteiger charge is -2.07. The molecule has 106 valence electrons. The van der Waals surface area contributed by atoms with Gasteiger partial charge in [-0.15, -0.1) is 0 Å². The van der Waals surface area contributed by atoms with Crippen molar-refractivity contribution < 1.29 is 10.2 Å². The number of H-pyrrole nitrogens is 1. The summed E-state index contributed by atoms with van der Waals surface area (Å²) in [5.41, 5.74) is 8.50. The van der Waals surface area contributed by atoms with Crippen LogP contribution in [-0.4, -0.2) is 25.2 Å². The summed E-state index contributed by atoms with van der Waals surface area (Å²) in [6.45, 7) is 0. The van der Waals surface area contributed by atoms with Gasteiger partial charge in [-0.3, -0.25) is 4.98 Å². The zero-order chi connectivity index (χ0) is 14.8. The van der Waals surface area contributed by atoms with Gasteiger partial charge in [0.2, 0.25) is 0 Å². The molecule has 0 atom stereocenters. The van der Waals surface area contributed by atoms with Crippen molar-refractivity contribution in [2.45, 2.75) is 6.42 Å². The number of nitrogens with zero attached hydrogens (tertiary/aromatic N) is 2. The molecule has 1 aromatic carbocycles. The topological polar surface area (TPSA) is 108 Å². The molecular formula is C15H14N4O2. The molecule has 0 spiro atoms. The third-order valence-electron chi connectivity index (χ3n) is 3.12. The minimum Gasteiger partial charge on any atom is -0.495 e. The zero-order valence-electron chi connectivity index (χ0n) is 11.1. The van der Waals surface area contributed by atoms with E-state index in [9.17, 15) is 10.2 Å². The number of rotatable bonds is 3. The van der Waals surface area contributed by atoms with Gasteiger partial charge < -0.3 is 15.9 Å². The summed E-state index contributed by atoms with van der Waals surface area (Å²) < 4.78 is 0. The van der Waals surface area contributed by atoms with E-state index in [2.05, 4.69) is 15.0 Å². The molecule has 0 amide bonds. The van der Waals surface area contributed by atoms with Crippen LogP contribution in [0.1, 0.15) is 11.4 Å². The van der Waals surface area contributed by atoms with Crippen LogP contribution >= 0.6 is 0 Å². The molecule has 0 aliphatic heterocycles. The summed E-state index contributed by atoms with van der Waals surface area (Å²) in [6.07, 6.45) is 1.84. The van der Waals surface area contributed by atoms with Crippen LogP contribution in [0.5, 0.6) is 11.8 Å². The summed E-state index contributed by atoms with van der Waals surface area (Å²) in [5, 5.41) is 19.0. The summed E-state index contributed by atoms with van der Waals surface area (Å²) >= 11 is 0. The van der Waals surface area contributed by atoms with Gasteiger partial charge in [0.15, 0.2) is 11.8 Å². The second kappa shape index (κ2) is 5.16. The Morgan fingerprint density at radius 3 is 2.57 bits per heavy atom. The Balaban J connectivity index is 1.96. The number of benzene rings is 1. The Bertz CT molecular complexity index is 769. The van der Waals surface area contributed by atoms with Crippen LogP contribution in [0.25, 0.3) is 11.3 Å². The fourth-order valence-electron chi connectivity index (χ4n) is 2.12. The van der Waals surface area contributed by atoms with E-state index < -0.39 is 0 Å². The molecule has 0 fully saturated rings. The molecule has 3 rings (SSSR count). The molecule has 3 aromatic rings. The van der Waals surface area contributed by atoms with Crippen molar-refractivity contribution in [3.8, 4) is 23.0 Å². The van der Waals surface area contributed by atoms with Crippen LogP contribution in [0, 0.1) is 0 Å². The van der Waals surface area contributed by atoms with Gasteiger partial charge >= 0.3 is 0 Å². The van der Waals surface area contributed by atoms with Crippen LogP contribution in [0.2, 0.25) is 0 Å². The van der Waals surface area contributed by atoms with Crippen molar-refractivity contribution in [3.63, 3.8) is 0 Å². The Morgan fingerprint density at radius 1 is 1.14 bits per heavy atom. The van der Waals surface area contributed by atoms with Crippen LogP contribution < -0.4 is 5.73 Å². The first-order chi connectivity index (χ1) is 10.1. The molecule has 0 bridgehead atoms. The van der Waals surface area contributed by atoms with Crippen molar-refractivity contribution in [3.05, 3.63) is 54.0 Å². The largest absolute Gasteiger partial charge is 0.495 e. The molecule has 0 saturated heterocycles. The highest BCUT2D eigenvalue weighted by molar-refractivity contribution is 5.71. The highest BCUT2D eigenvalue weighted by atomic mass is 16.3. The van der Waals surface area contributed by atoms with E-state index in [-0.39, 0.29) is 11.8 Å². The van der Waals surface area contributed by atoms with E-state index in [4.69, 9.17) is 5.73 Å². The maximum atomic E-state index is 9.64. The molecule has 0 unspecified atom stereocenters. The molecule has 6 nitrogen and oxygen atoms in total. The van der Waals surface area contributed by atoms with Gasteiger partial charge in [0.1, 0.15) is 5.82 Å². The van der Waals surface area contributed by atoms with Crippen LogP contribution in [-0.2, 0) is 6.42 Å². The molecule has 2 heterocycles. The molecule has 0 aliphatic rings. The Hall–Kier alpha value is -3.02. The molecule has 0 aliphatic carbocycles. The van der Waals surface area contributed by atoms with Gasteiger partial charge in [0.25, 0.3) is 0 Å². The van der Waals surface area contributed by atoms with Crippen molar-refractivity contribution in [1.82, 2.24) is 15.0 Å². The Labute approximate surface area is 120 Å². The number of nitrogens with one attached hydrogen (secondary N) is 1. The number of hydrogen-bond acceptors (Lipinski definition) is 5. The van der Waals surface area contributed by atoms with Crippen molar-refractivity contribution in [1.29, 1.82) is 0 Å². The number of aromatic hydroxyl groups is 2. The normalized spacial score (nSPS) is 10.7. The quantitative estimate of drug-likeness (QED) is 0.588. The highest BCUT2D eigenvalue weighted by Gasteiger charge is 2.11. The monoisotopic (exact) mass is 282 g/mol. The number of hydrogen-bond donors (Lipinski definition) is 4. The van der Waals surface area contributed by atoms with Gasteiger partial charge in [0.05, 0.1) is 17.6 Å². The second-order valence-corrected chi connectivity index (χ2v) is 4.66. The smallest absolute Gasteiger partial charge is 0.194 e. The third kappa shape index (κ3) is 2.64. The first kappa shape index (κ1) is 13.0. The predicted octanol–water partition coefficient (Wildman–Crippen LogP) is 2.06. The second-order valence-electron chi connectivity index (χ2n) is 4.66. The average Bonchev–Trinajstić information content (AvgIpc) is 2.80. The van der Waals surface area contributed by atoms with E-state index in [1.807, 2.05) is 30.3 Å². The first-order valence-corrected chi connectivity index (χ1v) is 6.40. The molecule has 6 heteroatoms. The molecule has 2 aromatic heterocycles. The van der Waals surface area contributed by atoms with Gasteiger partial charge in [-0.2, -0.15) is 0 Å². The Morgan fingerprint density at radius 2 is 1.90 bits per heavy atom. The number of aromatic amines is 1. The number of nitrogens with two attached hydrogens (primary N) is 1. The lowest BCUT2D eigenvalue weighted by atomic mass is 10.1. The van der Waals surface area contributed by atoms with Crippen LogP contribution in [0.3, 0.4) is 0 Å². The molecular weight excluding hydrogens is 268 g/mol. The fraction of sp³-hybridized carbons (Fsp3) is 0.0667. The molecule has 21 heavy (non-hydrogen) atoms. The fourth-order valence-corrected chi connectivity index (χ4v) is 2.12. The van der Waals surface area contributed by atoms with Gasteiger partial charge in [-0.05, 0) is 0 Å². The lowest BCUT2D eigenvalue weighted by molar-refractivity contribution is 0.423. The third-order valence-corrected chi connectivity index (χ3v) is 3.12. The van der Waals surface area contributed by atoms with Gasteiger partial charge in [-0.25, -0.2) is 9.97 Å². The summed E-state index contributed by atoms with van der Waals surface area (Å²) in [4.78, 5) is 11.0. The van der Waals surface area contributed by atoms with E-state index in [1.165, 1.54) is 6.07 Å². The summed E-state index contributed by atoms with van der Waals surface area (Å²) in [6, 6.07) is 11.0. The maximum absolute atomic E-state index is 9.64. The summed E-state index contributed by atoms with van der Waals surface area (Å²) in [7, 11) is 0. The zero-order valence-corrected chi connectivity index (χ0v) is 11.1. The molecule has 0 saturated carbocycles. The van der Waals surface area contributed by atoms with E-state index in [1.54, 1.807) is 6.20 Å². The van der Waals surface area contributed by atoms with Crippen molar-refractivity contribution >= 4 is 5.69 Å². The maximum Gasteiger partial charge on any atom is 0.194 e. The number of aromatic nitrogens is 3. The van der Waals surface area contributed by atoms with Crippen molar-refractivity contribution in [2.24, 2.45) is 0 Å². The number of nitrogen functional groups attached to an aromatic ring is 1. The average molecular weight is 282 g/mol. The standard InChI is InChI=1S/C15H14N4O2/c16-11-8-17-12(6-10-7-13(20)19-15(10)21)18-14(11)9-4-2-1-3-5-9/h1-5,7-8,19-21H,6,16H2. The molecule has 5 N–H and O–H groups in total. The highest BCUT2D eigenvalue weighted by Crippen LogP contribution is 2.26. The molecule has 0 radical (unpaired) electrons. The van der Waals surface area contributed by atoms with E-state index in [0.717, 1.165) is 5.56 Å². The summed E-state index contributed by atoms with van der Waals surface area (Å²) in [5.74, 6) is 0.327. The SMILES string of the molecule is Nc1cnc(Cc2cc(O)[nH]c2O)nc1-c1ccccc1. The van der Waals surface area contributed by atoms with Gasteiger partial charge in [-0.1, -0.05) is 30.3 Å². The number of anilines is 1. The minimum absolute atomic E-state index is 0.0887. The minimum atomic E-state index is -0.0961. The Kier molecular flexibility index (Phi) is 3.19. The van der Waals surface area contributed by atoms with E-state index >= 15 is 0 Å². The van der Waals surface area contributed by atoms with Gasteiger partial charge in [0, 0.05) is 23.6 Å².